The van der Waals surface area contributed by atoms with Crippen LogP contribution in [0.1, 0.15) is 17.5 Å². The zero-order chi connectivity index (χ0) is 17.4. The number of methoxy groups -OCH3 is 3. The van der Waals surface area contributed by atoms with Crippen LogP contribution in [0.2, 0.25) is 0 Å². The van der Waals surface area contributed by atoms with Crippen LogP contribution in [-0.2, 0) is 17.8 Å². The summed E-state index contributed by atoms with van der Waals surface area (Å²) in [5, 5.41) is 2.92. The topological polar surface area (TPSA) is 56.8 Å². The Kier molecular flexibility index (Phi) is 6.49. The van der Waals surface area contributed by atoms with Gasteiger partial charge in [0, 0.05) is 13.0 Å². The minimum atomic E-state index is -0.00399. The lowest BCUT2D eigenvalue weighted by Crippen LogP contribution is -2.23. The summed E-state index contributed by atoms with van der Waals surface area (Å²) in [6, 6.07) is 13.3. The number of carbonyl (C=O) groups excluding carboxylic acids is 1. The van der Waals surface area contributed by atoms with Gasteiger partial charge >= 0.3 is 0 Å². The van der Waals surface area contributed by atoms with Crippen molar-refractivity contribution in [2.24, 2.45) is 0 Å². The van der Waals surface area contributed by atoms with Crippen molar-refractivity contribution in [3.63, 3.8) is 0 Å². The van der Waals surface area contributed by atoms with Crippen molar-refractivity contribution in [3.8, 4) is 17.2 Å². The van der Waals surface area contributed by atoms with E-state index in [1.54, 1.807) is 21.3 Å². The predicted octanol–water partition coefficient (Wildman–Crippen LogP) is 2.96. The summed E-state index contributed by atoms with van der Waals surface area (Å²) in [6.07, 6.45) is 0.981. The predicted molar refractivity (Wildman–Crippen MR) is 92.7 cm³/mol. The van der Waals surface area contributed by atoms with E-state index < -0.39 is 0 Å². The molecule has 1 N–H and O–H groups in total. The first-order valence-electron chi connectivity index (χ1n) is 7.77. The van der Waals surface area contributed by atoms with Crippen LogP contribution in [-0.4, -0.2) is 27.2 Å². The minimum Gasteiger partial charge on any atom is -0.497 e. The number of rotatable bonds is 8. The third-order valence-corrected chi connectivity index (χ3v) is 3.75. The van der Waals surface area contributed by atoms with Gasteiger partial charge in [-0.15, -0.1) is 0 Å². The average molecular weight is 329 g/mol. The van der Waals surface area contributed by atoms with Gasteiger partial charge in [0.05, 0.1) is 21.3 Å². The van der Waals surface area contributed by atoms with E-state index >= 15 is 0 Å². The normalized spacial score (nSPS) is 10.1. The molecule has 128 valence electrons. The van der Waals surface area contributed by atoms with Gasteiger partial charge in [-0.3, -0.25) is 4.79 Å². The zero-order valence-electron chi connectivity index (χ0n) is 14.3. The maximum Gasteiger partial charge on any atom is 0.220 e. The Balaban J connectivity index is 1.87. The number of ether oxygens (including phenoxy) is 3. The van der Waals surface area contributed by atoms with Gasteiger partial charge in [-0.05, 0) is 35.7 Å². The van der Waals surface area contributed by atoms with Gasteiger partial charge in [-0.1, -0.05) is 24.3 Å². The average Bonchev–Trinajstić information content (AvgIpc) is 2.64. The Morgan fingerprint density at radius 2 is 1.71 bits per heavy atom. The fourth-order valence-electron chi connectivity index (χ4n) is 2.43. The molecule has 0 heterocycles. The largest absolute Gasteiger partial charge is 0.497 e. The zero-order valence-corrected chi connectivity index (χ0v) is 14.3. The molecule has 0 unspecified atom stereocenters. The summed E-state index contributed by atoms with van der Waals surface area (Å²) in [5.74, 6) is 2.16. The number of para-hydroxylation sites is 1. The molecule has 0 fully saturated rings. The van der Waals surface area contributed by atoms with Crippen molar-refractivity contribution in [1.82, 2.24) is 5.32 Å². The van der Waals surface area contributed by atoms with Crippen LogP contribution in [0, 0.1) is 0 Å². The Bertz CT molecular complexity index is 668. The number of hydrogen-bond donors (Lipinski definition) is 1. The number of benzene rings is 2. The lowest BCUT2D eigenvalue weighted by Gasteiger charge is -2.12. The van der Waals surface area contributed by atoms with Crippen LogP contribution < -0.4 is 19.5 Å². The molecule has 5 nitrogen and oxygen atoms in total. The van der Waals surface area contributed by atoms with E-state index in [-0.39, 0.29) is 5.91 Å². The van der Waals surface area contributed by atoms with Crippen molar-refractivity contribution in [1.29, 1.82) is 0 Å². The summed E-state index contributed by atoms with van der Waals surface area (Å²) in [4.78, 5) is 12.1. The summed E-state index contributed by atoms with van der Waals surface area (Å²) in [5.41, 5.74) is 1.99. The van der Waals surface area contributed by atoms with Crippen molar-refractivity contribution in [2.75, 3.05) is 21.3 Å². The number of hydrogen-bond acceptors (Lipinski definition) is 4. The molecule has 0 atom stereocenters. The fraction of sp³-hybridized carbons (Fsp3) is 0.316. The molecule has 0 aliphatic carbocycles. The molecule has 1 amide bonds. The lowest BCUT2D eigenvalue weighted by molar-refractivity contribution is -0.121. The second-order valence-corrected chi connectivity index (χ2v) is 5.28. The summed E-state index contributed by atoms with van der Waals surface area (Å²) < 4.78 is 15.8. The van der Waals surface area contributed by atoms with E-state index in [2.05, 4.69) is 5.32 Å². The highest BCUT2D eigenvalue weighted by atomic mass is 16.5. The number of carbonyl (C=O) groups is 1. The highest BCUT2D eigenvalue weighted by molar-refractivity contribution is 5.76. The van der Waals surface area contributed by atoms with Gasteiger partial charge < -0.3 is 19.5 Å². The molecule has 0 bridgehead atoms. The quantitative estimate of drug-likeness (QED) is 0.809. The molecule has 5 heteroatoms. The third kappa shape index (κ3) is 4.65. The molecular weight excluding hydrogens is 306 g/mol. The van der Waals surface area contributed by atoms with Gasteiger partial charge in [0.25, 0.3) is 0 Å². The van der Waals surface area contributed by atoms with Crippen LogP contribution in [0.5, 0.6) is 17.2 Å². The number of nitrogens with one attached hydrogen (secondary N) is 1. The summed E-state index contributed by atoms with van der Waals surface area (Å²) in [6.45, 7) is 0.498. The van der Waals surface area contributed by atoms with E-state index in [0.717, 1.165) is 16.9 Å². The Labute approximate surface area is 142 Å². The molecule has 2 aromatic rings. The highest BCUT2D eigenvalue weighted by Gasteiger charge is 2.11. The fourth-order valence-corrected chi connectivity index (χ4v) is 2.43. The number of aryl methyl sites for hydroxylation is 1. The van der Waals surface area contributed by atoms with Crippen molar-refractivity contribution >= 4 is 5.91 Å². The summed E-state index contributed by atoms with van der Waals surface area (Å²) >= 11 is 0. The SMILES string of the molecule is COc1ccc(CNC(=O)CCc2cccc(OC)c2OC)cc1. The first kappa shape index (κ1) is 17.7. The monoisotopic (exact) mass is 329 g/mol. The van der Waals surface area contributed by atoms with Gasteiger partial charge in [0.1, 0.15) is 5.75 Å². The lowest BCUT2D eigenvalue weighted by atomic mass is 10.1. The van der Waals surface area contributed by atoms with Crippen LogP contribution >= 0.6 is 0 Å². The standard InChI is InChI=1S/C19H23NO4/c1-22-16-10-7-14(8-11-16)13-20-18(21)12-9-15-5-4-6-17(23-2)19(15)24-3/h4-8,10-11H,9,12-13H2,1-3H3,(H,20,21). The van der Waals surface area contributed by atoms with Crippen molar-refractivity contribution < 1.29 is 19.0 Å². The van der Waals surface area contributed by atoms with Crippen LogP contribution in [0.15, 0.2) is 42.5 Å². The van der Waals surface area contributed by atoms with E-state index in [1.165, 1.54) is 0 Å². The molecular formula is C19H23NO4. The first-order valence-corrected chi connectivity index (χ1v) is 7.77. The minimum absolute atomic E-state index is 0.00399. The van der Waals surface area contributed by atoms with Crippen molar-refractivity contribution in [2.45, 2.75) is 19.4 Å². The molecule has 0 saturated carbocycles. The van der Waals surface area contributed by atoms with E-state index in [1.807, 2.05) is 42.5 Å². The second kappa shape index (κ2) is 8.82. The van der Waals surface area contributed by atoms with Gasteiger partial charge in [-0.2, -0.15) is 0 Å². The van der Waals surface area contributed by atoms with Gasteiger partial charge in [-0.25, -0.2) is 0 Å². The maximum atomic E-state index is 12.1. The van der Waals surface area contributed by atoms with Crippen LogP contribution in [0.4, 0.5) is 0 Å². The molecule has 2 rings (SSSR count). The molecule has 0 saturated heterocycles. The van der Waals surface area contributed by atoms with Gasteiger partial charge in [0.15, 0.2) is 11.5 Å². The van der Waals surface area contributed by atoms with Crippen LogP contribution in [0.3, 0.4) is 0 Å². The molecule has 0 aliphatic rings. The third-order valence-electron chi connectivity index (χ3n) is 3.75. The molecule has 0 aliphatic heterocycles. The first-order chi connectivity index (χ1) is 11.7. The smallest absolute Gasteiger partial charge is 0.220 e. The maximum absolute atomic E-state index is 12.1. The second-order valence-electron chi connectivity index (χ2n) is 5.28. The molecule has 2 aromatic carbocycles. The highest BCUT2D eigenvalue weighted by Crippen LogP contribution is 2.31. The van der Waals surface area contributed by atoms with E-state index in [0.29, 0.717) is 30.9 Å². The molecule has 24 heavy (non-hydrogen) atoms. The Morgan fingerprint density at radius 3 is 2.33 bits per heavy atom. The molecule has 0 aromatic heterocycles. The molecule has 0 spiro atoms. The van der Waals surface area contributed by atoms with E-state index in [9.17, 15) is 4.79 Å². The number of amides is 1. The van der Waals surface area contributed by atoms with Crippen LogP contribution in [0.25, 0.3) is 0 Å². The van der Waals surface area contributed by atoms with E-state index in [4.69, 9.17) is 14.2 Å². The van der Waals surface area contributed by atoms with Crippen molar-refractivity contribution in [3.05, 3.63) is 53.6 Å². The Hall–Kier alpha value is -2.69. The Morgan fingerprint density at radius 1 is 0.958 bits per heavy atom. The molecule has 0 radical (unpaired) electrons. The summed E-state index contributed by atoms with van der Waals surface area (Å²) in [7, 11) is 4.83. The van der Waals surface area contributed by atoms with Gasteiger partial charge in [0.2, 0.25) is 5.91 Å².